The van der Waals surface area contributed by atoms with Crippen molar-refractivity contribution in [3.05, 3.63) is 17.1 Å². The molecule has 0 N–H and O–H groups in total. The molecule has 0 atom stereocenters. The van der Waals surface area contributed by atoms with Crippen molar-refractivity contribution in [3.63, 3.8) is 0 Å². The van der Waals surface area contributed by atoms with Gasteiger partial charge in [-0.3, -0.25) is 4.98 Å². The molecule has 1 aromatic rings. The zero-order valence-corrected chi connectivity index (χ0v) is 6.01. The molecule has 0 aliphatic heterocycles. The Hall–Kier alpha value is -1.39. The highest BCUT2D eigenvalue weighted by Crippen LogP contribution is 1.85. The van der Waals surface area contributed by atoms with Crippen molar-refractivity contribution < 1.29 is 0 Å². The summed E-state index contributed by atoms with van der Waals surface area (Å²) >= 11 is 1.60. The van der Waals surface area contributed by atoms with E-state index in [1.165, 1.54) is 0 Å². The Morgan fingerprint density at radius 2 is 2.10 bits per heavy atom. The van der Waals surface area contributed by atoms with Crippen molar-refractivity contribution >= 4 is 11.3 Å². The van der Waals surface area contributed by atoms with E-state index in [0.29, 0.717) is 0 Å². The maximum atomic E-state index is 7.59. The van der Waals surface area contributed by atoms with E-state index in [-0.39, 0.29) is 6.42 Å². The first-order valence-electron chi connectivity index (χ1n) is 2.48. The van der Waals surface area contributed by atoms with Crippen LogP contribution in [0, 0.1) is 22.7 Å². The molecule has 0 fully saturated rings. The first-order valence-corrected chi connectivity index (χ1v) is 3.42. The van der Waals surface area contributed by atoms with Crippen LogP contribution in [-0.2, 0) is 0 Å². The van der Waals surface area contributed by atoms with Gasteiger partial charge < -0.3 is 0 Å². The van der Waals surface area contributed by atoms with E-state index in [1.807, 2.05) is 5.38 Å². The molecule has 0 aliphatic carbocycles. The normalized spacial score (nSPS) is 6.20. The Bertz CT molecular complexity index is 187. The predicted molar refractivity (Wildman–Crippen MR) is 38.0 cm³/mol. The summed E-state index contributed by atoms with van der Waals surface area (Å²) in [6.07, 6.45) is 1.77. The molecule has 0 saturated carbocycles. The number of thiazole rings is 1. The van der Waals surface area contributed by atoms with Crippen LogP contribution < -0.4 is 0 Å². The van der Waals surface area contributed by atoms with Crippen LogP contribution in [0.2, 0.25) is 0 Å². The number of nitriles is 2. The average Bonchev–Trinajstić information content (AvgIpc) is 2.44. The molecule has 4 heteroatoms. The van der Waals surface area contributed by atoms with Gasteiger partial charge in [0.15, 0.2) is 0 Å². The van der Waals surface area contributed by atoms with E-state index in [0.717, 1.165) is 0 Å². The Morgan fingerprint density at radius 1 is 1.40 bits per heavy atom. The van der Waals surface area contributed by atoms with Gasteiger partial charge in [0.05, 0.1) is 17.6 Å². The van der Waals surface area contributed by atoms with Crippen molar-refractivity contribution in [2.45, 2.75) is 6.42 Å². The van der Waals surface area contributed by atoms with E-state index >= 15 is 0 Å². The zero-order valence-electron chi connectivity index (χ0n) is 5.19. The predicted octanol–water partition coefficient (Wildman–Crippen LogP) is 1.57. The van der Waals surface area contributed by atoms with Crippen LogP contribution in [0.15, 0.2) is 17.1 Å². The quantitative estimate of drug-likeness (QED) is 0.565. The molecule has 0 spiro atoms. The summed E-state index contributed by atoms with van der Waals surface area (Å²) < 4.78 is 0. The molecule has 1 rings (SSSR count). The summed E-state index contributed by atoms with van der Waals surface area (Å²) in [6.45, 7) is 0. The van der Waals surface area contributed by atoms with Crippen molar-refractivity contribution in [3.8, 4) is 12.1 Å². The molecule has 3 nitrogen and oxygen atoms in total. The van der Waals surface area contributed by atoms with Gasteiger partial charge in [0.25, 0.3) is 0 Å². The third-order valence-electron chi connectivity index (χ3n) is 0.505. The number of hydrogen-bond acceptors (Lipinski definition) is 4. The van der Waals surface area contributed by atoms with Crippen LogP contribution in [0.25, 0.3) is 0 Å². The number of nitrogens with zero attached hydrogens (tertiary/aromatic N) is 3. The van der Waals surface area contributed by atoms with Gasteiger partial charge in [-0.05, 0) is 0 Å². The highest BCUT2D eigenvalue weighted by Gasteiger charge is 1.61. The Kier molecular flexibility index (Phi) is 6.55. The molecule has 0 amide bonds. The lowest BCUT2D eigenvalue weighted by Crippen LogP contribution is -1.47. The van der Waals surface area contributed by atoms with Crippen LogP contribution in [0.4, 0.5) is 0 Å². The van der Waals surface area contributed by atoms with Crippen LogP contribution in [0.3, 0.4) is 0 Å². The largest absolute Gasteiger partial charge is 0.253 e. The molecule has 0 radical (unpaired) electrons. The number of aromatic nitrogens is 1. The third-order valence-corrected chi connectivity index (χ3v) is 1.03. The van der Waals surface area contributed by atoms with Crippen molar-refractivity contribution in [2.75, 3.05) is 0 Å². The maximum Gasteiger partial charge on any atom is 0.122 e. The van der Waals surface area contributed by atoms with Crippen molar-refractivity contribution in [2.24, 2.45) is 0 Å². The maximum absolute atomic E-state index is 7.59. The van der Waals surface area contributed by atoms with E-state index in [2.05, 4.69) is 4.98 Å². The average molecular weight is 151 g/mol. The van der Waals surface area contributed by atoms with Crippen molar-refractivity contribution in [1.29, 1.82) is 10.5 Å². The summed E-state index contributed by atoms with van der Waals surface area (Å²) in [6, 6.07) is 3.31. The van der Waals surface area contributed by atoms with E-state index in [9.17, 15) is 0 Å². The van der Waals surface area contributed by atoms with Gasteiger partial charge in [0.1, 0.15) is 6.42 Å². The molecular weight excluding hydrogens is 146 g/mol. The Labute approximate surface area is 63.2 Å². The SMILES string of the molecule is N#CCC#N.c1cscn1. The monoisotopic (exact) mass is 151 g/mol. The van der Waals surface area contributed by atoms with Gasteiger partial charge in [-0.1, -0.05) is 0 Å². The number of hydrogen-bond donors (Lipinski definition) is 0. The Balaban J connectivity index is 0.000000162. The molecule has 1 heterocycles. The van der Waals surface area contributed by atoms with E-state index in [4.69, 9.17) is 10.5 Å². The second-order valence-corrected chi connectivity index (χ2v) is 1.92. The topological polar surface area (TPSA) is 60.5 Å². The minimum Gasteiger partial charge on any atom is -0.253 e. The van der Waals surface area contributed by atoms with E-state index < -0.39 is 0 Å². The minimum atomic E-state index is 0. The van der Waals surface area contributed by atoms with Gasteiger partial charge in [0, 0.05) is 11.6 Å². The van der Waals surface area contributed by atoms with Gasteiger partial charge in [-0.2, -0.15) is 10.5 Å². The fourth-order valence-electron chi connectivity index (χ4n) is 0.211. The molecule has 0 aromatic carbocycles. The van der Waals surface area contributed by atoms with Crippen LogP contribution in [-0.4, -0.2) is 4.98 Å². The summed E-state index contributed by atoms with van der Waals surface area (Å²) in [5, 5.41) is 17.1. The summed E-state index contributed by atoms with van der Waals surface area (Å²) in [5.74, 6) is 0. The smallest absolute Gasteiger partial charge is 0.122 e. The first kappa shape index (κ1) is 8.61. The third kappa shape index (κ3) is 6.61. The fourth-order valence-corrected chi connectivity index (χ4v) is 0.562. The molecule has 0 saturated heterocycles. The number of rotatable bonds is 0. The lowest BCUT2D eigenvalue weighted by molar-refractivity contribution is 1.33. The van der Waals surface area contributed by atoms with Gasteiger partial charge in [0.2, 0.25) is 0 Å². The van der Waals surface area contributed by atoms with Gasteiger partial charge in [-0.25, -0.2) is 0 Å². The molecule has 50 valence electrons. The summed E-state index contributed by atoms with van der Waals surface area (Å²) in [5.41, 5.74) is 1.79. The second-order valence-electron chi connectivity index (χ2n) is 1.17. The van der Waals surface area contributed by atoms with Gasteiger partial charge in [-0.15, -0.1) is 11.3 Å². The second kappa shape index (κ2) is 7.61. The highest BCUT2D eigenvalue weighted by atomic mass is 32.1. The zero-order chi connectivity index (χ0) is 7.66. The van der Waals surface area contributed by atoms with Crippen LogP contribution in [0.5, 0.6) is 0 Å². The first-order chi connectivity index (χ1) is 4.91. The molecule has 10 heavy (non-hydrogen) atoms. The van der Waals surface area contributed by atoms with Crippen molar-refractivity contribution in [1.82, 2.24) is 4.98 Å². The molecule has 1 aromatic heterocycles. The molecule has 0 aliphatic rings. The molecular formula is C6H5N3S. The fraction of sp³-hybridized carbons (Fsp3) is 0.167. The highest BCUT2D eigenvalue weighted by molar-refractivity contribution is 7.07. The molecule has 0 unspecified atom stereocenters. The lowest BCUT2D eigenvalue weighted by atomic mass is 10.5. The minimum absolute atomic E-state index is 0. The van der Waals surface area contributed by atoms with Gasteiger partial charge >= 0.3 is 0 Å². The standard InChI is InChI=1S/C3H2N2.C3H3NS/c4-2-1-3-5;1-2-5-3-4-1/h1H2;1-3H. The molecule has 0 bridgehead atoms. The van der Waals surface area contributed by atoms with E-state index in [1.54, 1.807) is 35.2 Å². The Morgan fingerprint density at radius 3 is 2.20 bits per heavy atom. The van der Waals surface area contributed by atoms with Crippen LogP contribution in [0.1, 0.15) is 6.42 Å². The lowest BCUT2D eigenvalue weighted by Gasteiger charge is -1.45. The summed E-state index contributed by atoms with van der Waals surface area (Å²) in [7, 11) is 0. The van der Waals surface area contributed by atoms with Crippen LogP contribution >= 0.6 is 11.3 Å². The summed E-state index contributed by atoms with van der Waals surface area (Å²) in [4.78, 5) is 3.74.